The van der Waals surface area contributed by atoms with Crippen molar-refractivity contribution in [2.75, 3.05) is 25.1 Å². The SMILES string of the molecule is CC1CCC(C(=O)Nc2ccnc(C(N)=O)c2)O1.OCC(CO)COc1cccc(F)c1F. The molecule has 2 amide bonds. The van der Waals surface area contributed by atoms with E-state index in [4.69, 9.17) is 25.4 Å². The van der Waals surface area contributed by atoms with E-state index < -0.39 is 29.6 Å². The Morgan fingerprint density at radius 3 is 2.61 bits per heavy atom. The van der Waals surface area contributed by atoms with Crippen molar-refractivity contribution in [3.63, 3.8) is 0 Å². The molecule has 9 nitrogen and oxygen atoms in total. The summed E-state index contributed by atoms with van der Waals surface area (Å²) in [6.07, 6.45) is 2.69. The number of amides is 2. The third-order valence-corrected chi connectivity index (χ3v) is 4.71. The number of primary amides is 1. The van der Waals surface area contributed by atoms with E-state index in [2.05, 4.69) is 10.3 Å². The topological polar surface area (TPSA) is 144 Å². The molecule has 2 atom stereocenters. The molecule has 0 radical (unpaired) electrons. The Morgan fingerprint density at radius 2 is 2.00 bits per heavy atom. The van der Waals surface area contributed by atoms with Gasteiger partial charge in [0, 0.05) is 17.8 Å². The molecule has 2 unspecified atom stereocenters. The lowest BCUT2D eigenvalue weighted by Crippen LogP contribution is -2.28. The normalized spacial score (nSPS) is 17.3. The average Bonchev–Trinajstić information content (AvgIpc) is 3.24. The molecule has 1 aliphatic heterocycles. The third-order valence-electron chi connectivity index (χ3n) is 4.71. The van der Waals surface area contributed by atoms with Crippen LogP contribution < -0.4 is 15.8 Å². The monoisotopic (exact) mass is 467 g/mol. The second-order valence-electron chi connectivity index (χ2n) is 7.39. The number of hydrogen-bond acceptors (Lipinski definition) is 7. The van der Waals surface area contributed by atoms with Crippen molar-refractivity contribution in [1.82, 2.24) is 4.98 Å². The second-order valence-corrected chi connectivity index (χ2v) is 7.39. The molecule has 2 heterocycles. The Bertz CT molecular complexity index is 942. The highest BCUT2D eigenvalue weighted by atomic mass is 19.2. The number of carbonyl (C=O) groups is 2. The van der Waals surface area contributed by atoms with Gasteiger partial charge in [-0.15, -0.1) is 0 Å². The summed E-state index contributed by atoms with van der Waals surface area (Å²) in [4.78, 5) is 26.6. The molecule has 5 N–H and O–H groups in total. The van der Waals surface area contributed by atoms with E-state index in [1.54, 1.807) is 6.07 Å². The molecule has 0 spiro atoms. The maximum Gasteiger partial charge on any atom is 0.267 e. The number of carbonyl (C=O) groups excluding carboxylic acids is 2. The van der Waals surface area contributed by atoms with Crippen LogP contribution in [-0.2, 0) is 9.53 Å². The van der Waals surface area contributed by atoms with Crippen LogP contribution in [0.2, 0.25) is 0 Å². The quantitative estimate of drug-likeness (QED) is 0.462. The fraction of sp³-hybridized carbons (Fsp3) is 0.409. The van der Waals surface area contributed by atoms with E-state index in [-0.39, 0.29) is 43.3 Å². The standard InChI is InChI=1S/C12H15N3O3.C10H12F2O3/c1-7-2-3-10(18-7)12(17)15-8-4-5-14-9(6-8)11(13)16;11-8-2-1-3-9(10(8)12)15-6-7(4-13)5-14/h4-7,10H,2-3H2,1H3,(H2,13,16)(H,14,15,17);1-3,7,13-14H,4-6H2. The molecule has 0 saturated carbocycles. The molecule has 1 fully saturated rings. The lowest BCUT2D eigenvalue weighted by Gasteiger charge is -2.12. The van der Waals surface area contributed by atoms with Gasteiger partial charge in [0.25, 0.3) is 11.8 Å². The van der Waals surface area contributed by atoms with Crippen LogP contribution in [0.15, 0.2) is 36.5 Å². The van der Waals surface area contributed by atoms with Crippen LogP contribution in [0.25, 0.3) is 0 Å². The number of anilines is 1. The molecule has 2 aromatic rings. The Hall–Kier alpha value is -3.15. The predicted molar refractivity (Wildman–Crippen MR) is 114 cm³/mol. The van der Waals surface area contributed by atoms with E-state index in [9.17, 15) is 18.4 Å². The van der Waals surface area contributed by atoms with E-state index in [1.165, 1.54) is 24.4 Å². The highest BCUT2D eigenvalue weighted by Gasteiger charge is 2.28. The smallest absolute Gasteiger partial charge is 0.267 e. The summed E-state index contributed by atoms with van der Waals surface area (Å²) < 4.78 is 36.1. The van der Waals surface area contributed by atoms with Crippen LogP contribution in [0, 0.1) is 17.6 Å². The van der Waals surface area contributed by atoms with Gasteiger partial charge in [-0.25, -0.2) is 4.39 Å². The summed E-state index contributed by atoms with van der Waals surface area (Å²) in [5.74, 6) is -3.60. The number of nitrogens with zero attached hydrogens (tertiary/aromatic N) is 1. The summed E-state index contributed by atoms with van der Waals surface area (Å²) in [6.45, 7) is 1.33. The zero-order chi connectivity index (χ0) is 24.4. The summed E-state index contributed by atoms with van der Waals surface area (Å²) in [7, 11) is 0. The van der Waals surface area contributed by atoms with E-state index >= 15 is 0 Å². The van der Waals surface area contributed by atoms with Gasteiger partial charge < -0.3 is 30.7 Å². The Morgan fingerprint density at radius 1 is 1.27 bits per heavy atom. The first kappa shape index (κ1) is 26.1. The lowest BCUT2D eigenvalue weighted by molar-refractivity contribution is -0.126. The predicted octanol–water partition coefficient (Wildman–Crippen LogP) is 1.63. The number of aliphatic hydroxyl groups is 2. The molecule has 1 aliphatic rings. The third kappa shape index (κ3) is 8.04. The molecule has 1 aromatic heterocycles. The summed E-state index contributed by atoms with van der Waals surface area (Å²) in [5.41, 5.74) is 5.73. The first-order valence-corrected chi connectivity index (χ1v) is 10.3. The molecular weight excluding hydrogens is 440 g/mol. The largest absolute Gasteiger partial charge is 0.490 e. The molecule has 11 heteroatoms. The van der Waals surface area contributed by atoms with Crippen molar-refractivity contribution in [2.24, 2.45) is 11.7 Å². The van der Waals surface area contributed by atoms with E-state index in [0.29, 0.717) is 12.1 Å². The van der Waals surface area contributed by atoms with Gasteiger partial charge >= 0.3 is 0 Å². The first-order chi connectivity index (χ1) is 15.7. The van der Waals surface area contributed by atoms with Gasteiger partial charge in [-0.1, -0.05) is 6.07 Å². The molecule has 1 saturated heterocycles. The van der Waals surface area contributed by atoms with Crippen LogP contribution in [-0.4, -0.2) is 59.0 Å². The zero-order valence-corrected chi connectivity index (χ0v) is 18.0. The molecule has 1 aromatic carbocycles. The number of nitrogens with one attached hydrogen (secondary N) is 1. The molecule has 0 bridgehead atoms. The van der Waals surface area contributed by atoms with E-state index in [1.807, 2.05) is 6.92 Å². The van der Waals surface area contributed by atoms with Crippen LogP contribution in [0.1, 0.15) is 30.3 Å². The van der Waals surface area contributed by atoms with Gasteiger partial charge in [0.15, 0.2) is 11.6 Å². The fourth-order valence-corrected chi connectivity index (χ4v) is 2.83. The van der Waals surface area contributed by atoms with Crippen LogP contribution >= 0.6 is 0 Å². The maximum absolute atomic E-state index is 13.0. The minimum absolute atomic E-state index is 0.0621. The molecule has 0 aliphatic carbocycles. The molecule has 180 valence electrons. The van der Waals surface area contributed by atoms with Crippen LogP contribution in [0.3, 0.4) is 0 Å². The highest BCUT2D eigenvalue weighted by molar-refractivity contribution is 5.96. The number of hydrogen-bond donors (Lipinski definition) is 4. The van der Waals surface area contributed by atoms with Crippen LogP contribution in [0.5, 0.6) is 5.75 Å². The number of rotatable bonds is 8. The Kier molecular flexibility index (Phi) is 10.1. The van der Waals surface area contributed by atoms with Crippen molar-refractivity contribution in [3.05, 3.63) is 53.9 Å². The number of halogens is 2. The number of benzene rings is 1. The van der Waals surface area contributed by atoms with Crippen molar-refractivity contribution >= 4 is 17.5 Å². The van der Waals surface area contributed by atoms with E-state index in [0.717, 1.165) is 12.5 Å². The number of aliphatic hydroxyl groups excluding tert-OH is 2. The number of nitrogens with two attached hydrogens (primary N) is 1. The summed E-state index contributed by atoms with van der Waals surface area (Å²) >= 11 is 0. The van der Waals surface area contributed by atoms with Gasteiger partial charge in [-0.3, -0.25) is 14.6 Å². The molecule has 33 heavy (non-hydrogen) atoms. The second kappa shape index (κ2) is 12.8. The number of aromatic nitrogens is 1. The number of pyridine rings is 1. The molecule has 3 rings (SSSR count). The summed E-state index contributed by atoms with van der Waals surface area (Å²) in [6, 6.07) is 6.63. The fourth-order valence-electron chi connectivity index (χ4n) is 2.83. The Labute approximate surface area is 189 Å². The zero-order valence-electron chi connectivity index (χ0n) is 18.0. The Balaban J connectivity index is 0.000000238. The molecular formula is C22H27F2N3O6. The van der Waals surface area contributed by atoms with Gasteiger partial charge in [0.05, 0.1) is 25.9 Å². The van der Waals surface area contributed by atoms with Crippen molar-refractivity contribution in [3.8, 4) is 5.75 Å². The maximum atomic E-state index is 13.0. The van der Waals surface area contributed by atoms with Gasteiger partial charge in [-0.2, -0.15) is 4.39 Å². The highest BCUT2D eigenvalue weighted by Crippen LogP contribution is 2.21. The van der Waals surface area contributed by atoms with Crippen LogP contribution in [0.4, 0.5) is 14.5 Å². The van der Waals surface area contributed by atoms with Gasteiger partial charge in [0.2, 0.25) is 5.82 Å². The number of ether oxygens (including phenoxy) is 2. The average molecular weight is 467 g/mol. The van der Waals surface area contributed by atoms with Crippen molar-refractivity contribution in [2.45, 2.75) is 32.0 Å². The minimum atomic E-state index is -1.06. The van der Waals surface area contributed by atoms with Gasteiger partial charge in [-0.05, 0) is 44.0 Å². The first-order valence-electron chi connectivity index (χ1n) is 10.3. The van der Waals surface area contributed by atoms with Gasteiger partial charge in [0.1, 0.15) is 11.8 Å². The van der Waals surface area contributed by atoms with Crippen molar-refractivity contribution in [1.29, 1.82) is 0 Å². The lowest BCUT2D eigenvalue weighted by atomic mass is 10.2. The summed E-state index contributed by atoms with van der Waals surface area (Å²) in [5, 5.41) is 20.1. The van der Waals surface area contributed by atoms with Crippen molar-refractivity contribution < 1.29 is 38.1 Å². The minimum Gasteiger partial charge on any atom is -0.490 e.